The van der Waals surface area contributed by atoms with Gasteiger partial charge in [0.05, 0.1) is 78.2 Å². The van der Waals surface area contributed by atoms with Crippen LogP contribution >= 0.6 is 0 Å². The Morgan fingerprint density at radius 1 is 0.491 bits per heavy atom. The molecule has 0 rings (SSSR count). The van der Waals surface area contributed by atoms with Crippen molar-refractivity contribution in [2.75, 3.05) is 92.2 Å². The van der Waals surface area contributed by atoms with Crippen molar-refractivity contribution in [1.29, 1.82) is 0 Å². The van der Waals surface area contributed by atoms with Crippen LogP contribution in [0.1, 0.15) is 122 Å². The lowest BCUT2D eigenvalue weighted by atomic mass is 10.0. The fourth-order valence-electron chi connectivity index (χ4n) is 5.43. The van der Waals surface area contributed by atoms with Crippen molar-refractivity contribution in [3.63, 3.8) is 0 Å². The molecule has 0 spiro atoms. The lowest BCUT2D eigenvalue weighted by Crippen LogP contribution is -2.52. The summed E-state index contributed by atoms with van der Waals surface area (Å²) in [5.74, 6) is -0.0262. The number of nitrogens with one attached hydrogen (secondary N) is 6. The molecule has 14 heteroatoms. The van der Waals surface area contributed by atoms with Crippen molar-refractivity contribution in [3.05, 3.63) is 0 Å². The molecule has 0 saturated carbocycles. The number of hydrogen-bond acceptors (Lipinski definition) is 12. The average Bonchev–Trinajstić information content (AvgIpc) is 3.05. The van der Waals surface area contributed by atoms with E-state index in [2.05, 4.69) is 115 Å². The first-order chi connectivity index (χ1) is 25.6. The fraction of sp³-hybridized carbons (Fsp3) is 0.951. The van der Waals surface area contributed by atoms with E-state index in [-0.39, 0.29) is 72.0 Å². The van der Waals surface area contributed by atoms with E-state index in [4.69, 9.17) is 28.8 Å². The summed E-state index contributed by atoms with van der Waals surface area (Å²) in [6.45, 7) is 30.9. The number of hydrogen-bond donors (Lipinski definition) is 7. The fourth-order valence-corrected chi connectivity index (χ4v) is 5.43. The van der Waals surface area contributed by atoms with Crippen molar-refractivity contribution in [3.8, 4) is 0 Å². The van der Waals surface area contributed by atoms with E-state index in [0.29, 0.717) is 59.3 Å². The number of aliphatic hydroxyl groups excluding tert-OH is 1. The van der Waals surface area contributed by atoms with E-state index < -0.39 is 0 Å². The minimum absolute atomic E-state index is 0.0109. The lowest BCUT2D eigenvalue weighted by molar-refractivity contribution is -0.125. The van der Waals surface area contributed by atoms with Gasteiger partial charge in [0.15, 0.2) is 0 Å². The number of ether oxygens (including phenoxy) is 5. The van der Waals surface area contributed by atoms with Crippen LogP contribution in [0.25, 0.3) is 0 Å². The van der Waals surface area contributed by atoms with Crippen LogP contribution in [0.15, 0.2) is 0 Å². The second-order valence-electron chi connectivity index (χ2n) is 18.4. The van der Waals surface area contributed by atoms with Gasteiger partial charge in [-0.3, -0.25) is 9.59 Å². The van der Waals surface area contributed by atoms with Crippen LogP contribution in [0.4, 0.5) is 0 Å². The molecule has 3 atom stereocenters. The Kier molecular flexibility index (Phi) is 28.9. The van der Waals surface area contributed by atoms with Gasteiger partial charge in [0.1, 0.15) is 6.10 Å². The van der Waals surface area contributed by atoms with E-state index >= 15 is 0 Å². The normalized spacial score (nSPS) is 14.5. The van der Waals surface area contributed by atoms with Crippen molar-refractivity contribution >= 4 is 11.8 Å². The van der Waals surface area contributed by atoms with Gasteiger partial charge in [-0.15, -0.1) is 0 Å². The molecule has 0 bridgehead atoms. The van der Waals surface area contributed by atoms with Gasteiger partial charge in [0.25, 0.3) is 0 Å². The summed E-state index contributed by atoms with van der Waals surface area (Å²) in [7, 11) is 0. The zero-order valence-corrected chi connectivity index (χ0v) is 37.2. The Balaban J connectivity index is 4.39. The van der Waals surface area contributed by atoms with Gasteiger partial charge in [-0.25, -0.2) is 0 Å². The molecular weight excluding hydrogens is 704 g/mol. The van der Waals surface area contributed by atoms with Crippen LogP contribution in [-0.2, 0) is 33.3 Å². The third-order valence-corrected chi connectivity index (χ3v) is 7.88. The van der Waals surface area contributed by atoms with Crippen molar-refractivity contribution in [1.82, 2.24) is 31.9 Å². The third kappa shape index (κ3) is 36.6. The predicted octanol–water partition coefficient (Wildman–Crippen LogP) is 3.29. The van der Waals surface area contributed by atoms with Crippen LogP contribution in [0.5, 0.6) is 0 Å². The van der Waals surface area contributed by atoms with Crippen LogP contribution < -0.4 is 31.9 Å². The first kappa shape index (κ1) is 53.5. The van der Waals surface area contributed by atoms with Crippen molar-refractivity contribution in [2.24, 2.45) is 0 Å². The molecule has 0 saturated heterocycles. The molecule has 0 aliphatic rings. The number of unbranched alkanes of at least 4 members (excludes halogenated alkanes) is 2. The smallest absolute Gasteiger partial charge is 0.237 e. The molecule has 0 aromatic rings. The minimum Gasteiger partial charge on any atom is -0.394 e. The van der Waals surface area contributed by atoms with E-state index in [1.807, 2.05) is 0 Å². The van der Waals surface area contributed by atoms with Gasteiger partial charge >= 0.3 is 0 Å². The lowest BCUT2D eigenvalue weighted by Gasteiger charge is -2.28. The monoisotopic (exact) mass is 791 g/mol. The van der Waals surface area contributed by atoms with Gasteiger partial charge in [0.2, 0.25) is 11.8 Å². The second kappa shape index (κ2) is 29.7. The molecule has 0 aromatic carbocycles. The van der Waals surface area contributed by atoms with Crippen molar-refractivity contribution < 1.29 is 38.4 Å². The zero-order chi connectivity index (χ0) is 41.8. The Bertz CT molecular complexity index is 962. The molecule has 0 heterocycles. The van der Waals surface area contributed by atoms with E-state index in [1.165, 1.54) is 0 Å². The molecule has 3 unspecified atom stereocenters. The summed E-state index contributed by atoms with van der Waals surface area (Å²) in [4.78, 5) is 25.9. The van der Waals surface area contributed by atoms with Gasteiger partial charge < -0.3 is 60.7 Å². The standard InChI is InChI=1S/C41H86N6O8/c1-38(2,3)44-19-15-13-17-34(46-40(7,8)9)36(49)42-21-24-51-27-28-54-32-33(31-53-26-23-48)55-30-29-52-25-22-43-37(50)35(47-41(10,11)12)18-14-16-20-45-39(4,5)6/h33-35,44-48H,13-32H2,1-12H3,(H,42,49)(H,43,50). The SMILES string of the molecule is CC(C)(C)NCCCCC(NC(C)(C)C)C(=O)NCCOCCOCC(COCCO)OCCOCCNC(=O)C(CCCCNC(C)(C)C)NC(C)(C)C. The summed E-state index contributed by atoms with van der Waals surface area (Å²) in [5.41, 5.74) is -0.168. The molecule has 7 N–H and O–H groups in total. The molecule has 328 valence electrons. The van der Waals surface area contributed by atoms with Gasteiger partial charge in [-0.05, 0) is 122 Å². The van der Waals surface area contributed by atoms with Crippen LogP contribution in [0, 0.1) is 0 Å². The number of rotatable bonds is 33. The Hall–Kier alpha value is -1.46. The Morgan fingerprint density at radius 2 is 0.891 bits per heavy atom. The second-order valence-corrected chi connectivity index (χ2v) is 18.4. The Labute approximate surface area is 335 Å². The molecule has 0 aromatic heterocycles. The number of amides is 2. The van der Waals surface area contributed by atoms with Crippen LogP contribution in [0.2, 0.25) is 0 Å². The highest BCUT2D eigenvalue weighted by molar-refractivity contribution is 5.82. The van der Waals surface area contributed by atoms with Gasteiger partial charge in [-0.2, -0.15) is 0 Å². The average molecular weight is 791 g/mol. The summed E-state index contributed by atoms with van der Waals surface area (Å²) >= 11 is 0. The molecular formula is C41H86N6O8. The highest BCUT2D eigenvalue weighted by Crippen LogP contribution is 2.10. The van der Waals surface area contributed by atoms with Gasteiger partial charge in [-0.1, -0.05) is 12.8 Å². The summed E-state index contributed by atoms with van der Waals surface area (Å²) in [5, 5.41) is 29.0. The highest BCUT2D eigenvalue weighted by Gasteiger charge is 2.24. The summed E-state index contributed by atoms with van der Waals surface area (Å²) in [6, 6.07) is -0.525. The molecule has 0 radical (unpaired) electrons. The predicted molar refractivity (Wildman–Crippen MR) is 223 cm³/mol. The maximum absolute atomic E-state index is 13.0. The maximum Gasteiger partial charge on any atom is 0.237 e. The topological polar surface area (TPSA) is 173 Å². The molecule has 0 aliphatic heterocycles. The number of carbonyl (C=O) groups is 2. The Morgan fingerprint density at radius 3 is 1.29 bits per heavy atom. The van der Waals surface area contributed by atoms with Crippen molar-refractivity contribution in [2.45, 2.75) is 162 Å². The first-order valence-electron chi connectivity index (χ1n) is 20.8. The van der Waals surface area contributed by atoms with Crippen LogP contribution in [0.3, 0.4) is 0 Å². The number of carbonyl (C=O) groups excluding carboxylic acids is 2. The molecule has 55 heavy (non-hydrogen) atoms. The largest absolute Gasteiger partial charge is 0.394 e. The molecule has 2 amide bonds. The molecule has 0 aliphatic carbocycles. The van der Waals surface area contributed by atoms with E-state index in [1.54, 1.807) is 0 Å². The van der Waals surface area contributed by atoms with Gasteiger partial charge in [0, 0.05) is 35.2 Å². The molecule has 14 nitrogen and oxygen atoms in total. The maximum atomic E-state index is 13.0. The number of aliphatic hydroxyl groups is 1. The summed E-state index contributed by atoms with van der Waals surface area (Å²) < 4.78 is 28.6. The van der Waals surface area contributed by atoms with Crippen LogP contribution in [-0.4, -0.2) is 150 Å². The quantitative estimate of drug-likeness (QED) is 0.0485. The highest BCUT2D eigenvalue weighted by atomic mass is 16.6. The molecule has 0 fully saturated rings. The zero-order valence-electron chi connectivity index (χ0n) is 37.2. The van der Waals surface area contributed by atoms with E-state index in [9.17, 15) is 9.59 Å². The third-order valence-electron chi connectivity index (χ3n) is 7.88. The first-order valence-corrected chi connectivity index (χ1v) is 20.8. The van der Waals surface area contributed by atoms with E-state index in [0.717, 1.165) is 51.6 Å². The minimum atomic E-state index is -0.339. The summed E-state index contributed by atoms with van der Waals surface area (Å²) in [6.07, 6.45) is 5.12.